The summed E-state index contributed by atoms with van der Waals surface area (Å²) >= 11 is 0. The van der Waals surface area contributed by atoms with Crippen molar-refractivity contribution < 1.29 is 4.74 Å². The minimum atomic E-state index is 0.429. The largest absolute Gasteiger partial charge is 0.496 e. The highest BCUT2D eigenvalue weighted by Gasteiger charge is 2.21. The van der Waals surface area contributed by atoms with Gasteiger partial charge in [0.1, 0.15) is 5.75 Å². The van der Waals surface area contributed by atoms with Crippen LogP contribution in [0, 0.1) is 12.8 Å². The summed E-state index contributed by atoms with van der Waals surface area (Å²) in [7, 11) is 1.78. The van der Waals surface area contributed by atoms with E-state index in [1.807, 2.05) is 0 Å². The fourth-order valence-corrected chi connectivity index (χ4v) is 3.43. The van der Waals surface area contributed by atoms with E-state index in [4.69, 9.17) is 4.74 Å². The van der Waals surface area contributed by atoms with Crippen LogP contribution in [0.5, 0.6) is 5.75 Å². The fraction of sp³-hybridized carbons (Fsp3) is 0.667. The SMILES string of the molecule is CCNC(CC1CCCCC1)c1ccc(C)cc1OC. The van der Waals surface area contributed by atoms with Gasteiger partial charge in [0.05, 0.1) is 7.11 Å². The quantitative estimate of drug-likeness (QED) is 0.817. The van der Waals surface area contributed by atoms with Crippen LogP contribution >= 0.6 is 0 Å². The smallest absolute Gasteiger partial charge is 0.123 e. The molecule has 1 N–H and O–H groups in total. The molecule has 112 valence electrons. The molecule has 0 heterocycles. The molecule has 20 heavy (non-hydrogen) atoms. The first kappa shape index (κ1) is 15.4. The van der Waals surface area contributed by atoms with E-state index < -0.39 is 0 Å². The molecule has 0 aliphatic heterocycles. The molecule has 2 heteroatoms. The summed E-state index contributed by atoms with van der Waals surface area (Å²) in [4.78, 5) is 0. The van der Waals surface area contributed by atoms with Crippen molar-refractivity contribution in [2.45, 2.75) is 58.4 Å². The minimum Gasteiger partial charge on any atom is -0.496 e. The van der Waals surface area contributed by atoms with E-state index in [0.717, 1.165) is 18.2 Å². The van der Waals surface area contributed by atoms with Crippen LogP contribution < -0.4 is 10.1 Å². The second-order valence-corrected chi connectivity index (χ2v) is 6.10. The first-order valence-electron chi connectivity index (χ1n) is 8.12. The zero-order valence-electron chi connectivity index (χ0n) is 13.2. The van der Waals surface area contributed by atoms with E-state index in [-0.39, 0.29) is 0 Å². The molecule has 1 aliphatic rings. The Balaban J connectivity index is 2.14. The molecule has 2 nitrogen and oxygen atoms in total. The standard InChI is InChI=1S/C18H29NO/c1-4-19-17(13-15-8-6-5-7-9-15)16-11-10-14(2)12-18(16)20-3/h10-12,15,17,19H,4-9,13H2,1-3H3. The molecule has 0 saturated heterocycles. The van der Waals surface area contributed by atoms with Gasteiger partial charge in [-0.05, 0) is 37.4 Å². The zero-order valence-corrected chi connectivity index (χ0v) is 13.2. The van der Waals surface area contributed by atoms with Gasteiger partial charge < -0.3 is 10.1 Å². The van der Waals surface area contributed by atoms with E-state index in [1.165, 1.54) is 49.7 Å². The third-order valence-electron chi connectivity index (χ3n) is 4.51. The number of aryl methyl sites for hydroxylation is 1. The third-order valence-corrected chi connectivity index (χ3v) is 4.51. The number of methoxy groups -OCH3 is 1. The fourth-order valence-electron chi connectivity index (χ4n) is 3.43. The maximum absolute atomic E-state index is 5.60. The average Bonchev–Trinajstić information content (AvgIpc) is 2.48. The van der Waals surface area contributed by atoms with Crippen LogP contribution in [0.2, 0.25) is 0 Å². The van der Waals surface area contributed by atoms with Gasteiger partial charge in [-0.15, -0.1) is 0 Å². The lowest BCUT2D eigenvalue weighted by Gasteiger charge is -2.28. The van der Waals surface area contributed by atoms with Crippen molar-refractivity contribution in [3.05, 3.63) is 29.3 Å². The Bertz CT molecular complexity index is 410. The first-order valence-corrected chi connectivity index (χ1v) is 8.12. The molecule has 0 aromatic heterocycles. The van der Waals surface area contributed by atoms with Gasteiger partial charge in [0, 0.05) is 11.6 Å². The van der Waals surface area contributed by atoms with Crippen LogP contribution in [0.1, 0.15) is 62.6 Å². The van der Waals surface area contributed by atoms with E-state index in [1.54, 1.807) is 7.11 Å². The Labute approximate surface area is 123 Å². The number of ether oxygens (including phenoxy) is 1. The molecule has 1 aromatic carbocycles. The van der Waals surface area contributed by atoms with Gasteiger partial charge in [-0.1, -0.05) is 51.2 Å². The minimum absolute atomic E-state index is 0.429. The Morgan fingerprint density at radius 2 is 2.00 bits per heavy atom. The van der Waals surface area contributed by atoms with Crippen molar-refractivity contribution >= 4 is 0 Å². The van der Waals surface area contributed by atoms with Crippen LogP contribution in [0.25, 0.3) is 0 Å². The summed E-state index contributed by atoms with van der Waals surface area (Å²) in [5, 5.41) is 3.66. The van der Waals surface area contributed by atoms with Crippen LogP contribution in [0.3, 0.4) is 0 Å². The van der Waals surface area contributed by atoms with Crippen LogP contribution in [0.4, 0.5) is 0 Å². The predicted octanol–water partition coefficient (Wildman–Crippen LogP) is 4.62. The number of benzene rings is 1. The molecule has 1 aromatic rings. The van der Waals surface area contributed by atoms with Crippen molar-refractivity contribution in [2.24, 2.45) is 5.92 Å². The van der Waals surface area contributed by atoms with Gasteiger partial charge in [-0.25, -0.2) is 0 Å². The van der Waals surface area contributed by atoms with Crippen molar-refractivity contribution in [1.82, 2.24) is 5.32 Å². The summed E-state index contributed by atoms with van der Waals surface area (Å²) in [5.74, 6) is 1.91. The Morgan fingerprint density at radius 3 is 2.65 bits per heavy atom. The topological polar surface area (TPSA) is 21.3 Å². The van der Waals surface area contributed by atoms with Gasteiger partial charge in [-0.3, -0.25) is 0 Å². The summed E-state index contributed by atoms with van der Waals surface area (Å²) < 4.78 is 5.60. The summed E-state index contributed by atoms with van der Waals surface area (Å²) in [6, 6.07) is 7.02. The van der Waals surface area contributed by atoms with Crippen LogP contribution in [-0.2, 0) is 0 Å². The molecule has 0 spiro atoms. The monoisotopic (exact) mass is 275 g/mol. The van der Waals surface area contributed by atoms with E-state index in [9.17, 15) is 0 Å². The lowest BCUT2D eigenvalue weighted by molar-refractivity contribution is 0.297. The highest BCUT2D eigenvalue weighted by Crippen LogP contribution is 2.35. The van der Waals surface area contributed by atoms with E-state index in [0.29, 0.717) is 6.04 Å². The second-order valence-electron chi connectivity index (χ2n) is 6.10. The van der Waals surface area contributed by atoms with Crippen molar-refractivity contribution in [3.8, 4) is 5.75 Å². The van der Waals surface area contributed by atoms with E-state index in [2.05, 4.69) is 37.4 Å². The van der Waals surface area contributed by atoms with Gasteiger partial charge in [0.2, 0.25) is 0 Å². The van der Waals surface area contributed by atoms with Crippen molar-refractivity contribution in [1.29, 1.82) is 0 Å². The third kappa shape index (κ3) is 3.99. The van der Waals surface area contributed by atoms with Crippen LogP contribution in [-0.4, -0.2) is 13.7 Å². The molecule has 1 unspecified atom stereocenters. The molecule has 1 fully saturated rings. The van der Waals surface area contributed by atoms with Gasteiger partial charge >= 0.3 is 0 Å². The van der Waals surface area contributed by atoms with Gasteiger partial charge in [0.15, 0.2) is 0 Å². The van der Waals surface area contributed by atoms with E-state index >= 15 is 0 Å². The molecular weight excluding hydrogens is 246 g/mol. The molecule has 1 atom stereocenters. The molecule has 2 rings (SSSR count). The zero-order chi connectivity index (χ0) is 14.4. The molecule has 1 aliphatic carbocycles. The predicted molar refractivity (Wildman–Crippen MR) is 85.3 cm³/mol. The normalized spacial score (nSPS) is 17.9. The number of hydrogen-bond donors (Lipinski definition) is 1. The summed E-state index contributed by atoms with van der Waals surface area (Å²) in [6.45, 7) is 5.32. The number of rotatable bonds is 6. The molecule has 0 bridgehead atoms. The first-order chi connectivity index (χ1) is 9.74. The number of hydrogen-bond acceptors (Lipinski definition) is 2. The van der Waals surface area contributed by atoms with Crippen molar-refractivity contribution in [2.75, 3.05) is 13.7 Å². The summed E-state index contributed by atoms with van der Waals surface area (Å²) in [5.41, 5.74) is 2.59. The summed E-state index contributed by atoms with van der Waals surface area (Å²) in [6.07, 6.45) is 8.29. The average molecular weight is 275 g/mol. The highest BCUT2D eigenvalue weighted by atomic mass is 16.5. The van der Waals surface area contributed by atoms with Crippen molar-refractivity contribution in [3.63, 3.8) is 0 Å². The number of nitrogens with one attached hydrogen (secondary N) is 1. The maximum atomic E-state index is 5.60. The molecule has 0 amide bonds. The van der Waals surface area contributed by atoms with Crippen LogP contribution in [0.15, 0.2) is 18.2 Å². The Kier molecular flexibility index (Phi) is 5.90. The molecular formula is C18H29NO. The Hall–Kier alpha value is -1.02. The lowest BCUT2D eigenvalue weighted by atomic mass is 9.83. The lowest BCUT2D eigenvalue weighted by Crippen LogP contribution is -2.25. The van der Waals surface area contributed by atoms with Gasteiger partial charge in [0.25, 0.3) is 0 Å². The highest BCUT2D eigenvalue weighted by molar-refractivity contribution is 5.39. The Morgan fingerprint density at radius 1 is 1.25 bits per heavy atom. The maximum Gasteiger partial charge on any atom is 0.123 e. The molecule has 1 saturated carbocycles. The second kappa shape index (κ2) is 7.68. The molecule has 0 radical (unpaired) electrons. The van der Waals surface area contributed by atoms with Gasteiger partial charge in [-0.2, -0.15) is 0 Å².